The fourth-order valence-corrected chi connectivity index (χ4v) is 3.07. The van der Waals surface area contributed by atoms with Gasteiger partial charge >= 0.3 is 0 Å². The van der Waals surface area contributed by atoms with Crippen LogP contribution in [0.1, 0.15) is 36.0 Å². The SMILES string of the molecule is CN(CC(=O)NCC(=O)c1ccccc1)CC1CCCCC1O. The van der Waals surface area contributed by atoms with Gasteiger partial charge in [-0.15, -0.1) is 0 Å². The highest BCUT2D eigenvalue weighted by atomic mass is 16.3. The molecule has 23 heavy (non-hydrogen) atoms. The quantitative estimate of drug-likeness (QED) is 0.747. The van der Waals surface area contributed by atoms with E-state index >= 15 is 0 Å². The molecule has 0 saturated heterocycles. The lowest BCUT2D eigenvalue weighted by Crippen LogP contribution is -2.41. The summed E-state index contributed by atoms with van der Waals surface area (Å²) < 4.78 is 0. The molecule has 126 valence electrons. The third kappa shape index (κ3) is 5.77. The number of nitrogens with zero attached hydrogens (tertiary/aromatic N) is 1. The molecule has 5 heteroatoms. The zero-order valence-electron chi connectivity index (χ0n) is 13.7. The second-order valence-electron chi connectivity index (χ2n) is 6.37. The first kappa shape index (κ1) is 17.6. The van der Waals surface area contributed by atoms with Gasteiger partial charge in [-0.25, -0.2) is 0 Å². The van der Waals surface area contributed by atoms with Gasteiger partial charge in [-0.3, -0.25) is 14.5 Å². The Kier molecular flexibility index (Phi) is 6.74. The summed E-state index contributed by atoms with van der Waals surface area (Å²) in [5.41, 5.74) is 0.603. The Morgan fingerprint density at radius 1 is 1.22 bits per heavy atom. The molecule has 0 aromatic heterocycles. The number of nitrogens with one attached hydrogen (secondary N) is 1. The van der Waals surface area contributed by atoms with Crippen LogP contribution in [-0.2, 0) is 4.79 Å². The lowest BCUT2D eigenvalue weighted by atomic mass is 9.86. The van der Waals surface area contributed by atoms with E-state index in [-0.39, 0.29) is 36.8 Å². The van der Waals surface area contributed by atoms with Crippen LogP contribution in [0.5, 0.6) is 0 Å². The lowest BCUT2D eigenvalue weighted by molar-refractivity contribution is -0.122. The van der Waals surface area contributed by atoms with Crippen LogP contribution in [0, 0.1) is 5.92 Å². The van der Waals surface area contributed by atoms with Crippen LogP contribution >= 0.6 is 0 Å². The molecule has 2 atom stereocenters. The number of Topliss-reactive ketones (excluding diaryl/α,β-unsaturated/α-hetero) is 1. The van der Waals surface area contributed by atoms with Crippen molar-refractivity contribution >= 4 is 11.7 Å². The van der Waals surface area contributed by atoms with Gasteiger partial charge in [-0.05, 0) is 25.8 Å². The highest BCUT2D eigenvalue weighted by molar-refractivity contribution is 5.99. The second-order valence-corrected chi connectivity index (χ2v) is 6.37. The minimum Gasteiger partial charge on any atom is -0.393 e. The number of aliphatic hydroxyl groups excluding tert-OH is 1. The number of benzene rings is 1. The minimum atomic E-state index is -0.256. The fourth-order valence-electron chi connectivity index (χ4n) is 3.07. The van der Waals surface area contributed by atoms with Gasteiger partial charge in [0.1, 0.15) is 0 Å². The van der Waals surface area contributed by atoms with Gasteiger partial charge < -0.3 is 10.4 Å². The normalized spacial score (nSPS) is 21.2. The van der Waals surface area contributed by atoms with Crippen molar-refractivity contribution in [2.24, 2.45) is 5.92 Å². The average molecular weight is 318 g/mol. The number of amides is 1. The highest BCUT2D eigenvalue weighted by Crippen LogP contribution is 2.24. The molecule has 1 aromatic rings. The third-order valence-corrected chi connectivity index (χ3v) is 4.37. The molecule has 1 saturated carbocycles. The Bertz CT molecular complexity index is 518. The molecule has 2 N–H and O–H groups in total. The summed E-state index contributed by atoms with van der Waals surface area (Å²) in [5.74, 6) is -0.0149. The van der Waals surface area contributed by atoms with Crippen LogP contribution in [0.25, 0.3) is 0 Å². The molecule has 1 aliphatic rings. The van der Waals surface area contributed by atoms with Crippen molar-refractivity contribution in [3.05, 3.63) is 35.9 Å². The van der Waals surface area contributed by atoms with Crippen molar-refractivity contribution in [1.82, 2.24) is 10.2 Å². The van der Waals surface area contributed by atoms with Gasteiger partial charge in [0.25, 0.3) is 0 Å². The Morgan fingerprint density at radius 3 is 2.61 bits per heavy atom. The molecular weight excluding hydrogens is 292 g/mol. The smallest absolute Gasteiger partial charge is 0.234 e. The Labute approximate surface area is 137 Å². The molecule has 1 aliphatic carbocycles. The molecule has 1 aromatic carbocycles. The van der Waals surface area contributed by atoms with Crippen molar-refractivity contribution in [2.75, 3.05) is 26.7 Å². The Morgan fingerprint density at radius 2 is 1.91 bits per heavy atom. The van der Waals surface area contributed by atoms with Gasteiger partial charge in [-0.2, -0.15) is 0 Å². The maximum Gasteiger partial charge on any atom is 0.234 e. The number of carbonyl (C=O) groups is 2. The first-order valence-corrected chi connectivity index (χ1v) is 8.28. The van der Waals surface area contributed by atoms with Gasteiger partial charge in [0.2, 0.25) is 5.91 Å². The van der Waals surface area contributed by atoms with Crippen LogP contribution < -0.4 is 5.32 Å². The average Bonchev–Trinajstić information content (AvgIpc) is 2.55. The number of aliphatic hydroxyl groups is 1. The summed E-state index contributed by atoms with van der Waals surface area (Å²) in [6, 6.07) is 8.94. The van der Waals surface area contributed by atoms with Gasteiger partial charge in [0.15, 0.2) is 5.78 Å². The van der Waals surface area contributed by atoms with E-state index in [0.29, 0.717) is 12.1 Å². The summed E-state index contributed by atoms with van der Waals surface area (Å²) in [5, 5.41) is 12.6. The van der Waals surface area contributed by atoms with Gasteiger partial charge in [0.05, 0.1) is 19.2 Å². The minimum absolute atomic E-state index is 0.0166. The van der Waals surface area contributed by atoms with E-state index in [1.807, 2.05) is 18.0 Å². The number of hydrogen-bond acceptors (Lipinski definition) is 4. The van der Waals surface area contributed by atoms with Crippen LogP contribution in [0.15, 0.2) is 30.3 Å². The summed E-state index contributed by atoms with van der Waals surface area (Å²) in [6.45, 7) is 0.968. The van der Waals surface area contributed by atoms with E-state index in [1.165, 1.54) is 0 Å². The summed E-state index contributed by atoms with van der Waals surface area (Å²) in [4.78, 5) is 25.8. The van der Waals surface area contributed by atoms with E-state index in [0.717, 1.165) is 25.7 Å². The maximum absolute atomic E-state index is 11.9. The number of ketones is 1. The maximum atomic E-state index is 11.9. The molecule has 0 bridgehead atoms. The molecule has 1 amide bonds. The first-order valence-electron chi connectivity index (χ1n) is 8.28. The Hall–Kier alpha value is -1.72. The topological polar surface area (TPSA) is 69.6 Å². The van der Waals surface area contributed by atoms with Crippen molar-refractivity contribution in [1.29, 1.82) is 0 Å². The lowest BCUT2D eigenvalue weighted by Gasteiger charge is -2.30. The molecule has 0 radical (unpaired) electrons. The van der Waals surface area contributed by atoms with Crippen LogP contribution in [0.4, 0.5) is 0 Å². The predicted molar refractivity (Wildman–Crippen MR) is 89.2 cm³/mol. The molecular formula is C18H26N2O3. The summed E-state index contributed by atoms with van der Waals surface area (Å²) >= 11 is 0. The van der Waals surface area contributed by atoms with Gasteiger partial charge in [-0.1, -0.05) is 43.2 Å². The number of likely N-dealkylation sites (N-methyl/N-ethyl adjacent to an activating group) is 1. The van der Waals surface area contributed by atoms with Crippen molar-refractivity contribution in [3.63, 3.8) is 0 Å². The molecule has 1 fully saturated rings. The largest absolute Gasteiger partial charge is 0.393 e. The fraction of sp³-hybridized carbons (Fsp3) is 0.556. The Balaban J connectivity index is 1.70. The third-order valence-electron chi connectivity index (χ3n) is 4.37. The molecule has 5 nitrogen and oxygen atoms in total. The summed E-state index contributed by atoms with van der Waals surface area (Å²) in [6.07, 6.45) is 3.85. The van der Waals surface area contributed by atoms with Crippen molar-refractivity contribution in [3.8, 4) is 0 Å². The first-order chi connectivity index (χ1) is 11.1. The van der Waals surface area contributed by atoms with Crippen LogP contribution in [0.3, 0.4) is 0 Å². The van der Waals surface area contributed by atoms with E-state index in [9.17, 15) is 14.7 Å². The van der Waals surface area contributed by atoms with E-state index < -0.39 is 0 Å². The van der Waals surface area contributed by atoms with Crippen LogP contribution in [-0.4, -0.2) is 54.5 Å². The number of hydrogen-bond donors (Lipinski definition) is 2. The second kappa shape index (κ2) is 8.79. The van der Waals surface area contributed by atoms with Crippen molar-refractivity contribution in [2.45, 2.75) is 31.8 Å². The zero-order chi connectivity index (χ0) is 16.7. The summed E-state index contributed by atoms with van der Waals surface area (Å²) in [7, 11) is 1.87. The van der Waals surface area contributed by atoms with E-state index in [2.05, 4.69) is 5.32 Å². The molecule has 0 heterocycles. The molecule has 2 unspecified atom stereocenters. The molecule has 0 spiro atoms. The van der Waals surface area contributed by atoms with E-state index in [1.54, 1.807) is 24.3 Å². The standard InChI is InChI=1S/C18H26N2O3/c1-20(12-15-9-5-6-10-16(15)21)13-18(23)19-11-17(22)14-7-3-2-4-8-14/h2-4,7-8,15-16,21H,5-6,9-13H2,1H3,(H,19,23). The monoisotopic (exact) mass is 318 g/mol. The molecule has 2 rings (SSSR count). The molecule has 0 aliphatic heterocycles. The predicted octanol–water partition coefficient (Wildman–Crippen LogP) is 1.47. The van der Waals surface area contributed by atoms with Crippen molar-refractivity contribution < 1.29 is 14.7 Å². The van der Waals surface area contributed by atoms with E-state index in [4.69, 9.17) is 0 Å². The highest BCUT2D eigenvalue weighted by Gasteiger charge is 2.24. The number of rotatable bonds is 7. The number of carbonyl (C=O) groups excluding carboxylic acids is 2. The van der Waals surface area contributed by atoms with Gasteiger partial charge in [0, 0.05) is 12.1 Å². The van der Waals surface area contributed by atoms with Crippen LogP contribution in [0.2, 0.25) is 0 Å². The zero-order valence-corrected chi connectivity index (χ0v) is 13.7.